The van der Waals surface area contributed by atoms with Crippen molar-refractivity contribution in [1.82, 2.24) is 0 Å². The van der Waals surface area contributed by atoms with Crippen LogP contribution >= 0.6 is 11.9 Å². The highest BCUT2D eigenvalue weighted by molar-refractivity contribution is 7.96. The van der Waals surface area contributed by atoms with Crippen molar-refractivity contribution in [3.63, 3.8) is 0 Å². The molecule has 0 spiro atoms. The van der Waals surface area contributed by atoms with Crippen LogP contribution in [0.1, 0.15) is 0 Å². The molecule has 1 aliphatic rings. The molecule has 0 aliphatic carbocycles. The van der Waals surface area contributed by atoms with Gasteiger partial charge in [0.25, 0.3) is 0 Å². The van der Waals surface area contributed by atoms with E-state index in [0.29, 0.717) is 0 Å². The molecule has 0 fully saturated rings. The molecule has 0 saturated carbocycles. The van der Waals surface area contributed by atoms with Crippen molar-refractivity contribution in [3.05, 3.63) is 23.8 Å². The average Bonchev–Trinajstić information content (AvgIpc) is 1.65. The van der Waals surface area contributed by atoms with Gasteiger partial charge in [-0.2, -0.15) is 10.4 Å². The molecule has 1 rings (SSSR count). The molecule has 0 unspecified atom stereocenters. The molecule has 0 atom stereocenters. The molecule has 2 N–H and O–H groups in total. The van der Waals surface area contributed by atoms with Gasteiger partial charge in [0.1, 0.15) is 0 Å². The van der Waals surface area contributed by atoms with E-state index in [4.69, 9.17) is 10.4 Å². The molecular weight excluding hydrogens is 126 g/mol. The van der Waals surface area contributed by atoms with E-state index in [0.717, 1.165) is 11.9 Å². The fraction of sp³-hybridized carbons (Fsp3) is 0. The highest BCUT2D eigenvalue weighted by Crippen LogP contribution is 2.20. The Labute approximate surface area is 51.2 Å². The number of allylic oxidation sites excluding steroid dienone is 2. The third-order valence-electron chi connectivity index (χ3n) is 0.686. The summed E-state index contributed by atoms with van der Waals surface area (Å²) in [5, 5.41) is 19.0. The average molecular weight is 132 g/mol. The summed E-state index contributed by atoms with van der Waals surface area (Å²) < 4.78 is -1.10. The van der Waals surface area contributed by atoms with Crippen LogP contribution in [0, 0.1) is 0 Å². The third-order valence-corrected chi connectivity index (χ3v) is 1.40. The molecule has 1 heterocycles. The van der Waals surface area contributed by atoms with Crippen LogP contribution < -0.4 is 0 Å². The van der Waals surface area contributed by atoms with Crippen molar-refractivity contribution >= 4 is 11.9 Å². The Balaban J connectivity index is 2.65. The van der Waals surface area contributed by atoms with Crippen molar-refractivity contribution in [2.45, 2.75) is 0 Å². The second-order valence-corrected chi connectivity index (χ2v) is 2.38. The van der Waals surface area contributed by atoms with Gasteiger partial charge in [-0.15, -0.1) is 0 Å². The minimum atomic E-state index is -1.10. The zero-order chi connectivity index (χ0) is 6.04. The number of quaternary nitrogens is 1. The van der Waals surface area contributed by atoms with Crippen LogP contribution in [0.3, 0.4) is 0 Å². The molecule has 44 valence electrons. The monoisotopic (exact) mass is 132 g/mol. The molecule has 8 heavy (non-hydrogen) atoms. The van der Waals surface area contributed by atoms with E-state index in [9.17, 15) is 0 Å². The van der Waals surface area contributed by atoms with Crippen LogP contribution in [0.25, 0.3) is 0 Å². The predicted molar refractivity (Wildman–Crippen MR) is 29.7 cm³/mol. The summed E-state index contributed by atoms with van der Waals surface area (Å²) in [7, 11) is 0. The first-order valence-corrected chi connectivity index (χ1v) is 2.91. The Kier molecular flexibility index (Phi) is 1.39. The summed E-state index contributed by atoms with van der Waals surface area (Å²) in [5.41, 5.74) is 0. The molecule has 0 aromatic carbocycles. The van der Waals surface area contributed by atoms with Crippen molar-refractivity contribution in [3.8, 4) is 0 Å². The summed E-state index contributed by atoms with van der Waals surface area (Å²) >= 11 is 0.902. The first-order valence-electron chi connectivity index (χ1n) is 2.08. The van der Waals surface area contributed by atoms with Gasteiger partial charge in [0.05, 0.1) is 0 Å². The van der Waals surface area contributed by atoms with E-state index < -0.39 is 4.21 Å². The number of nitrogens with zero attached hydrogens (tertiary/aromatic N) is 1. The molecule has 0 amide bonds. The van der Waals surface area contributed by atoms with E-state index >= 15 is 0 Å². The smallest absolute Gasteiger partial charge is 0.164 e. The van der Waals surface area contributed by atoms with Crippen LogP contribution in [0.2, 0.25) is 0 Å². The fourth-order valence-electron chi connectivity index (χ4n) is 0.367. The summed E-state index contributed by atoms with van der Waals surface area (Å²) in [6.07, 6.45) is 4.55. The van der Waals surface area contributed by atoms with Gasteiger partial charge in [-0.3, -0.25) is 0 Å². The van der Waals surface area contributed by atoms with Gasteiger partial charge in [0.15, 0.2) is 18.1 Å². The molecule has 0 bridgehead atoms. The molecule has 0 radical (unpaired) electrons. The second kappa shape index (κ2) is 1.91. The summed E-state index contributed by atoms with van der Waals surface area (Å²) in [5.74, 6) is 0. The molecule has 0 aromatic rings. The van der Waals surface area contributed by atoms with Crippen molar-refractivity contribution in [1.29, 1.82) is 0 Å². The maximum atomic E-state index is 8.69. The van der Waals surface area contributed by atoms with Gasteiger partial charge < -0.3 is 0 Å². The predicted octanol–water partition coefficient (Wildman–Crippen LogP) is 1.27. The molecule has 3 nitrogen and oxygen atoms in total. The first kappa shape index (κ1) is 5.84. The molecule has 0 aromatic heterocycles. The van der Waals surface area contributed by atoms with E-state index in [2.05, 4.69) is 0 Å². The lowest BCUT2D eigenvalue weighted by Crippen LogP contribution is -2.25. The highest BCUT2D eigenvalue weighted by Gasteiger charge is 2.20. The number of hydroxylamine groups is 2. The second-order valence-electron chi connectivity index (χ2n) is 1.36. The van der Waals surface area contributed by atoms with Crippen LogP contribution in [0.4, 0.5) is 0 Å². The van der Waals surface area contributed by atoms with Gasteiger partial charge in [0, 0.05) is 9.62 Å². The summed E-state index contributed by atoms with van der Waals surface area (Å²) in [6.45, 7) is 0. The van der Waals surface area contributed by atoms with Gasteiger partial charge in [-0.25, -0.2) is 0 Å². The van der Waals surface area contributed by atoms with Crippen molar-refractivity contribution < 1.29 is 14.6 Å². The quantitative estimate of drug-likeness (QED) is 0.385. The Morgan fingerprint density at radius 1 is 1.25 bits per heavy atom. The maximum Gasteiger partial charge on any atom is 0.182 e. The largest absolute Gasteiger partial charge is 0.182 e. The number of hydrogen-bond acceptors (Lipinski definition) is 3. The van der Waals surface area contributed by atoms with Crippen molar-refractivity contribution in [2.24, 2.45) is 0 Å². The van der Waals surface area contributed by atoms with Crippen LogP contribution in [-0.4, -0.2) is 14.6 Å². The van der Waals surface area contributed by atoms with Gasteiger partial charge >= 0.3 is 0 Å². The molecular formula is C4H6NO2S+. The topological polar surface area (TPSA) is 40.5 Å². The first-order chi connectivity index (χ1) is 3.71. The lowest BCUT2D eigenvalue weighted by atomic mass is 10.6. The summed E-state index contributed by atoms with van der Waals surface area (Å²) in [4.78, 5) is 0. The van der Waals surface area contributed by atoms with Crippen LogP contribution in [-0.2, 0) is 0 Å². The van der Waals surface area contributed by atoms with Crippen LogP contribution in [0.15, 0.2) is 23.8 Å². The SMILES string of the molecule is O[N+]1(O)C=CC=CS1. The van der Waals surface area contributed by atoms with Gasteiger partial charge in [0.2, 0.25) is 0 Å². The Hall–Kier alpha value is -0.290. The maximum absolute atomic E-state index is 8.69. The van der Waals surface area contributed by atoms with Gasteiger partial charge in [-0.1, -0.05) is 0 Å². The van der Waals surface area contributed by atoms with Crippen molar-refractivity contribution in [2.75, 3.05) is 0 Å². The van der Waals surface area contributed by atoms with E-state index in [-0.39, 0.29) is 0 Å². The summed E-state index contributed by atoms with van der Waals surface area (Å²) in [6, 6.07) is 0. The lowest BCUT2D eigenvalue weighted by molar-refractivity contribution is -1.11. The Bertz CT molecular complexity index is 141. The minimum absolute atomic E-state index is 0.902. The normalized spacial score (nSPS) is 23.8. The Morgan fingerprint density at radius 2 is 2.00 bits per heavy atom. The molecule has 0 saturated heterocycles. The minimum Gasteiger partial charge on any atom is -0.164 e. The number of hydrogen-bond donors (Lipinski definition) is 2. The number of rotatable bonds is 0. The highest BCUT2D eigenvalue weighted by atomic mass is 32.2. The Morgan fingerprint density at radius 3 is 2.25 bits per heavy atom. The lowest BCUT2D eigenvalue weighted by Gasteiger charge is -2.11. The fourth-order valence-corrected chi connectivity index (χ4v) is 0.848. The van der Waals surface area contributed by atoms with E-state index in [1.165, 1.54) is 6.20 Å². The van der Waals surface area contributed by atoms with E-state index in [1.54, 1.807) is 17.6 Å². The van der Waals surface area contributed by atoms with E-state index in [1.807, 2.05) is 0 Å². The van der Waals surface area contributed by atoms with Crippen LogP contribution in [0.5, 0.6) is 0 Å². The molecule has 4 heteroatoms. The molecule has 1 aliphatic heterocycles. The third kappa shape index (κ3) is 1.34. The zero-order valence-corrected chi connectivity index (χ0v) is 4.88. The van der Waals surface area contributed by atoms with Gasteiger partial charge in [-0.05, 0) is 12.2 Å². The standard InChI is InChI=1S/C4H6NO2S/c6-5(7)3-1-2-4-8-5/h1-4,6-7H/q+1. The zero-order valence-electron chi connectivity index (χ0n) is 4.06.